The van der Waals surface area contributed by atoms with Crippen LogP contribution in [0.2, 0.25) is 0 Å². The molecule has 1 rings (SSSR count). The van der Waals surface area contributed by atoms with Gasteiger partial charge in [0.2, 0.25) is 5.91 Å². The summed E-state index contributed by atoms with van der Waals surface area (Å²) in [6, 6.07) is 0.154. The number of rotatable bonds is 7. The van der Waals surface area contributed by atoms with Crippen molar-refractivity contribution in [1.82, 2.24) is 5.32 Å². The van der Waals surface area contributed by atoms with Crippen LogP contribution in [0.3, 0.4) is 0 Å². The van der Waals surface area contributed by atoms with Gasteiger partial charge in [-0.15, -0.1) is 0 Å². The zero-order chi connectivity index (χ0) is 14.5. The van der Waals surface area contributed by atoms with E-state index in [9.17, 15) is 9.59 Å². The maximum atomic E-state index is 12.1. The first-order valence-corrected chi connectivity index (χ1v) is 7.40. The van der Waals surface area contributed by atoms with Gasteiger partial charge in [0, 0.05) is 12.5 Å². The van der Waals surface area contributed by atoms with Crippen molar-refractivity contribution in [2.24, 2.45) is 11.3 Å². The van der Waals surface area contributed by atoms with Crippen molar-refractivity contribution in [3.8, 4) is 0 Å². The highest BCUT2D eigenvalue weighted by molar-refractivity contribution is 5.78. The fourth-order valence-corrected chi connectivity index (χ4v) is 3.00. The summed E-state index contributed by atoms with van der Waals surface area (Å²) in [5.74, 6) is -0.330. The molecule has 0 aromatic rings. The van der Waals surface area contributed by atoms with Gasteiger partial charge in [0.1, 0.15) is 0 Å². The maximum Gasteiger partial charge on any atom is 0.303 e. The Bertz CT molecular complexity index is 321. The number of carbonyl (C=O) groups excluding carboxylic acids is 1. The number of amides is 1. The molecule has 4 heteroatoms. The molecular formula is C15H27NO3. The largest absolute Gasteiger partial charge is 0.481 e. The molecule has 0 aromatic carbocycles. The predicted molar refractivity (Wildman–Crippen MR) is 74.8 cm³/mol. The minimum Gasteiger partial charge on any atom is -0.481 e. The normalized spacial score (nSPS) is 20.8. The number of aliphatic carboxylic acids is 1. The summed E-state index contributed by atoms with van der Waals surface area (Å²) in [7, 11) is 0. The molecule has 4 nitrogen and oxygen atoms in total. The van der Waals surface area contributed by atoms with E-state index in [-0.39, 0.29) is 23.8 Å². The van der Waals surface area contributed by atoms with Crippen LogP contribution in [0.1, 0.15) is 65.7 Å². The number of nitrogens with one attached hydrogen (secondary N) is 1. The van der Waals surface area contributed by atoms with Crippen molar-refractivity contribution in [1.29, 1.82) is 0 Å². The summed E-state index contributed by atoms with van der Waals surface area (Å²) in [4.78, 5) is 23.1. The molecule has 1 fully saturated rings. The van der Waals surface area contributed by atoms with E-state index >= 15 is 0 Å². The number of carboxylic acid groups (broad SMARTS) is 1. The average molecular weight is 269 g/mol. The van der Waals surface area contributed by atoms with E-state index in [4.69, 9.17) is 5.11 Å². The Morgan fingerprint density at radius 1 is 1.21 bits per heavy atom. The monoisotopic (exact) mass is 269 g/mol. The lowest BCUT2D eigenvalue weighted by atomic mass is 9.79. The van der Waals surface area contributed by atoms with Crippen LogP contribution in [0.25, 0.3) is 0 Å². The van der Waals surface area contributed by atoms with Gasteiger partial charge in [-0.1, -0.05) is 33.1 Å². The van der Waals surface area contributed by atoms with Crippen molar-refractivity contribution in [3.05, 3.63) is 0 Å². The third kappa shape index (κ3) is 4.84. The Hall–Kier alpha value is -1.06. The van der Waals surface area contributed by atoms with Crippen LogP contribution in [-0.2, 0) is 9.59 Å². The van der Waals surface area contributed by atoms with Crippen LogP contribution in [-0.4, -0.2) is 23.0 Å². The molecule has 1 aliphatic carbocycles. The van der Waals surface area contributed by atoms with E-state index in [0.717, 1.165) is 32.1 Å². The van der Waals surface area contributed by atoms with E-state index in [0.29, 0.717) is 12.3 Å². The molecule has 1 aliphatic rings. The van der Waals surface area contributed by atoms with Gasteiger partial charge in [-0.2, -0.15) is 0 Å². The Kier molecular flexibility index (Phi) is 5.83. The molecule has 1 saturated carbocycles. The first-order chi connectivity index (χ1) is 8.88. The van der Waals surface area contributed by atoms with Crippen molar-refractivity contribution in [2.75, 3.05) is 0 Å². The number of carboxylic acids is 1. The van der Waals surface area contributed by atoms with Gasteiger partial charge in [0.15, 0.2) is 0 Å². The first kappa shape index (κ1) is 16.0. The molecule has 0 spiro atoms. The van der Waals surface area contributed by atoms with Crippen LogP contribution >= 0.6 is 0 Å². The van der Waals surface area contributed by atoms with Gasteiger partial charge in [0.25, 0.3) is 0 Å². The lowest BCUT2D eigenvalue weighted by Crippen LogP contribution is -2.39. The Labute approximate surface area is 116 Å². The topological polar surface area (TPSA) is 66.4 Å². The van der Waals surface area contributed by atoms with Crippen LogP contribution < -0.4 is 5.32 Å². The summed E-state index contributed by atoms with van der Waals surface area (Å²) in [6.07, 6.45) is 5.33. The average Bonchev–Trinajstić information content (AvgIpc) is 2.74. The molecule has 110 valence electrons. The van der Waals surface area contributed by atoms with E-state index in [2.05, 4.69) is 19.2 Å². The van der Waals surface area contributed by atoms with Crippen LogP contribution in [0.5, 0.6) is 0 Å². The SMILES string of the molecule is CCC(C)C(C)NC(=O)CC1(CC(=O)O)CCCC1. The molecule has 0 heterocycles. The quantitative estimate of drug-likeness (QED) is 0.746. The molecule has 2 atom stereocenters. The van der Waals surface area contributed by atoms with E-state index in [1.165, 1.54) is 0 Å². The van der Waals surface area contributed by atoms with Gasteiger partial charge in [-0.05, 0) is 31.1 Å². The fourth-order valence-electron chi connectivity index (χ4n) is 3.00. The van der Waals surface area contributed by atoms with E-state index in [1.807, 2.05) is 6.92 Å². The highest BCUT2D eigenvalue weighted by Gasteiger charge is 2.38. The summed E-state index contributed by atoms with van der Waals surface area (Å²) >= 11 is 0. The van der Waals surface area contributed by atoms with Gasteiger partial charge >= 0.3 is 5.97 Å². The molecule has 0 saturated heterocycles. The summed E-state index contributed by atoms with van der Waals surface area (Å²) < 4.78 is 0. The van der Waals surface area contributed by atoms with E-state index in [1.54, 1.807) is 0 Å². The number of hydrogen-bond donors (Lipinski definition) is 2. The molecule has 19 heavy (non-hydrogen) atoms. The molecule has 0 bridgehead atoms. The van der Waals surface area contributed by atoms with Crippen molar-refractivity contribution in [2.45, 2.75) is 71.8 Å². The third-order valence-corrected chi connectivity index (χ3v) is 4.61. The predicted octanol–water partition coefficient (Wildman–Crippen LogP) is 2.96. The van der Waals surface area contributed by atoms with E-state index < -0.39 is 5.97 Å². The minimum absolute atomic E-state index is 0.0101. The second-order valence-corrected chi connectivity index (χ2v) is 6.20. The third-order valence-electron chi connectivity index (χ3n) is 4.61. The number of hydrogen-bond acceptors (Lipinski definition) is 2. The van der Waals surface area contributed by atoms with Gasteiger partial charge in [0.05, 0.1) is 6.42 Å². The molecular weight excluding hydrogens is 242 g/mol. The second-order valence-electron chi connectivity index (χ2n) is 6.20. The Morgan fingerprint density at radius 2 is 1.79 bits per heavy atom. The minimum atomic E-state index is -0.787. The Balaban J connectivity index is 2.55. The highest BCUT2D eigenvalue weighted by atomic mass is 16.4. The zero-order valence-corrected chi connectivity index (χ0v) is 12.4. The molecule has 0 radical (unpaired) electrons. The summed E-state index contributed by atoms with van der Waals surface area (Å²) in [6.45, 7) is 6.24. The number of carbonyl (C=O) groups is 2. The lowest BCUT2D eigenvalue weighted by molar-refractivity contribution is -0.140. The standard InChI is InChI=1S/C15H27NO3/c1-4-11(2)12(3)16-13(17)9-15(10-14(18)19)7-5-6-8-15/h11-12H,4-10H2,1-3H3,(H,16,17)(H,18,19). The van der Waals surface area contributed by atoms with Crippen LogP contribution in [0.15, 0.2) is 0 Å². The van der Waals surface area contributed by atoms with Gasteiger partial charge in [-0.25, -0.2) is 0 Å². The van der Waals surface area contributed by atoms with Gasteiger partial charge in [-0.3, -0.25) is 9.59 Å². The second kappa shape index (κ2) is 6.92. The highest BCUT2D eigenvalue weighted by Crippen LogP contribution is 2.44. The zero-order valence-electron chi connectivity index (χ0n) is 12.4. The van der Waals surface area contributed by atoms with Gasteiger partial charge < -0.3 is 10.4 Å². The smallest absolute Gasteiger partial charge is 0.303 e. The van der Waals surface area contributed by atoms with Crippen molar-refractivity contribution < 1.29 is 14.7 Å². The fraction of sp³-hybridized carbons (Fsp3) is 0.867. The molecule has 0 aliphatic heterocycles. The maximum absolute atomic E-state index is 12.1. The molecule has 0 aromatic heterocycles. The van der Waals surface area contributed by atoms with Crippen LogP contribution in [0, 0.1) is 11.3 Å². The van der Waals surface area contributed by atoms with Crippen LogP contribution in [0.4, 0.5) is 0 Å². The lowest BCUT2D eigenvalue weighted by Gasteiger charge is -2.28. The molecule has 2 N–H and O–H groups in total. The first-order valence-electron chi connectivity index (χ1n) is 7.40. The van der Waals surface area contributed by atoms with Crippen molar-refractivity contribution >= 4 is 11.9 Å². The van der Waals surface area contributed by atoms with Crippen molar-refractivity contribution in [3.63, 3.8) is 0 Å². The summed E-state index contributed by atoms with van der Waals surface area (Å²) in [5, 5.41) is 12.1. The Morgan fingerprint density at radius 3 is 2.26 bits per heavy atom. The molecule has 2 unspecified atom stereocenters. The molecule has 1 amide bonds. The summed E-state index contributed by atoms with van der Waals surface area (Å²) in [5.41, 5.74) is -0.301.